The molecule has 1 rings (SSSR count). The topological polar surface area (TPSA) is 55.8 Å². The molecule has 1 atom stereocenters. The van der Waals surface area contributed by atoms with Crippen molar-refractivity contribution in [3.05, 3.63) is 12.8 Å². The first kappa shape index (κ1) is 13.0. The second-order valence-corrected chi connectivity index (χ2v) is 4.28. The zero-order chi connectivity index (χ0) is 12.2. The van der Waals surface area contributed by atoms with E-state index in [4.69, 9.17) is 9.47 Å². The van der Waals surface area contributed by atoms with Crippen molar-refractivity contribution in [2.45, 2.75) is 45.3 Å². The Morgan fingerprint density at radius 1 is 1.56 bits per heavy atom. The fourth-order valence-corrected chi connectivity index (χ4v) is 2.38. The van der Waals surface area contributed by atoms with Crippen molar-refractivity contribution in [2.24, 2.45) is 5.41 Å². The van der Waals surface area contributed by atoms with Crippen LogP contribution < -0.4 is 0 Å². The first-order valence-corrected chi connectivity index (χ1v) is 5.68. The summed E-state index contributed by atoms with van der Waals surface area (Å²) in [6, 6.07) is 0. The highest BCUT2D eigenvalue weighted by Gasteiger charge is 2.57. The Balaban J connectivity index is 2.95. The number of rotatable bonds is 5. The van der Waals surface area contributed by atoms with Crippen LogP contribution in [0.25, 0.3) is 0 Å². The summed E-state index contributed by atoms with van der Waals surface area (Å²) in [7, 11) is 0. The first-order chi connectivity index (χ1) is 7.50. The molecule has 0 radical (unpaired) electrons. The highest BCUT2D eigenvalue weighted by atomic mass is 16.6. The van der Waals surface area contributed by atoms with Gasteiger partial charge in [0.1, 0.15) is 5.41 Å². The predicted octanol–water partition coefficient (Wildman–Crippen LogP) is 1.98. The number of hydrogen-bond donors (Lipinski definition) is 1. The Morgan fingerprint density at radius 3 is 2.56 bits per heavy atom. The minimum atomic E-state index is -1.54. The van der Waals surface area contributed by atoms with Crippen LogP contribution in [0.2, 0.25) is 0 Å². The third-order valence-corrected chi connectivity index (χ3v) is 3.32. The van der Waals surface area contributed by atoms with Gasteiger partial charge in [0.15, 0.2) is 0 Å². The molecule has 1 saturated carbocycles. The normalized spacial score (nSPS) is 22.2. The number of aliphatic hydroxyl groups is 1. The second kappa shape index (κ2) is 4.87. The van der Waals surface area contributed by atoms with Gasteiger partial charge in [-0.05, 0) is 19.8 Å². The van der Waals surface area contributed by atoms with Crippen molar-refractivity contribution in [2.75, 3.05) is 6.61 Å². The zero-order valence-corrected chi connectivity index (χ0v) is 9.99. The van der Waals surface area contributed by atoms with Gasteiger partial charge in [0.05, 0.1) is 12.9 Å². The molecule has 0 saturated heterocycles. The number of carbonyl (C=O) groups excluding carboxylic acids is 1. The molecule has 1 fully saturated rings. The molecule has 4 nitrogen and oxygen atoms in total. The van der Waals surface area contributed by atoms with E-state index in [9.17, 15) is 9.90 Å². The Morgan fingerprint density at radius 2 is 2.12 bits per heavy atom. The summed E-state index contributed by atoms with van der Waals surface area (Å²) in [6.45, 7) is 6.98. The van der Waals surface area contributed by atoms with Crippen molar-refractivity contribution < 1.29 is 19.4 Å². The third kappa shape index (κ3) is 2.07. The maximum atomic E-state index is 12.0. The lowest BCUT2D eigenvalue weighted by Crippen LogP contribution is -2.51. The van der Waals surface area contributed by atoms with Crippen LogP contribution in [0.15, 0.2) is 12.8 Å². The van der Waals surface area contributed by atoms with Gasteiger partial charge < -0.3 is 14.6 Å². The molecule has 0 bridgehead atoms. The number of hydrogen-bond acceptors (Lipinski definition) is 4. The van der Waals surface area contributed by atoms with E-state index in [2.05, 4.69) is 6.58 Å². The molecule has 0 aromatic heterocycles. The van der Waals surface area contributed by atoms with E-state index in [-0.39, 0.29) is 5.97 Å². The van der Waals surface area contributed by atoms with Gasteiger partial charge in [-0.2, -0.15) is 0 Å². The molecule has 0 spiro atoms. The number of ether oxygens (including phenoxy) is 2. The van der Waals surface area contributed by atoms with Gasteiger partial charge >= 0.3 is 5.97 Å². The Bertz CT molecular complexity index is 264. The smallest absolute Gasteiger partial charge is 0.318 e. The van der Waals surface area contributed by atoms with Crippen LogP contribution in [-0.4, -0.2) is 23.5 Å². The maximum Gasteiger partial charge on any atom is 0.318 e. The van der Waals surface area contributed by atoms with Crippen molar-refractivity contribution in [1.29, 1.82) is 0 Å². The van der Waals surface area contributed by atoms with E-state index < -0.39 is 11.2 Å². The Hall–Kier alpha value is -1.03. The fraction of sp³-hybridized carbons (Fsp3) is 0.750. The van der Waals surface area contributed by atoms with Gasteiger partial charge in [-0.25, -0.2) is 0 Å². The quantitative estimate of drug-likeness (QED) is 0.444. The molecular weight excluding hydrogens is 208 g/mol. The number of esters is 1. The van der Waals surface area contributed by atoms with E-state index >= 15 is 0 Å². The summed E-state index contributed by atoms with van der Waals surface area (Å²) in [5.41, 5.74) is -0.947. The van der Waals surface area contributed by atoms with E-state index in [1.807, 2.05) is 0 Å². The van der Waals surface area contributed by atoms with Gasteiger partial charge in [-0.1, -0.05) is 19.4 Å². The lowest BCUT2D eigenvalue weighted by molar-refractivity contribution is -0.239. The van der Waals surface area contributed by atoms with Crippen molar-refractivity contribution in [3.8, 4) is 0 Å². The molecule has 92 valence electrons. The van der Waals surface area contributed by atoms with Crippen LogP contribution in [0.3, 0.4) is 0 Å². The minimum absolute atomic E-state index is 0.310. The molecule has 4 heteroatoms. The summed E-state index contributed by atoms with van der Waals surface area (Å²) < 4.78 is 10.2. The number of carbonyl (C=O) groups is 1. The highest BCUT2D eigenvalue weighted by molar-refractivity contribution is 5.78. The van der Waals surface area contributed by atoms with Crippen LogP contribution in [0.4, 0.5) is 0 Å². The third-order valence-electron chi connectivity index (χ3n) is 3.32. The summed E-state index contributed by atoms with van der Waals surface area (Å²) >= 11 is 0. The molecule has 1 N–H and O–H groups in total. The van der Waals surface area contributed by atoms with E-state index in [1.165, 1.54) is 13.2 Å². The summed E-state index contributed by atoms with van der Waals surface area (Å²) in [6.07, 6.45) is 4.14. The molecular formula is C12H20O4. The standard InChI is InChI=1S/C12H20O4/c1-4-15-10(13)12(8-6-7-9-12)11(3,14)16-5-2/h5,14H,2,4,6-9H2,1,3H3. The maximum absolute atomic E-state index is 12.0. The molecule has 1 aliphatic carbocycles. The van der Waals surface area contributed by atoms with Crippen LogP contribution >= 0.6 is 0 Å². The Kier molecular flexibility index (Phi) is 3.97. The Labute approximate surface area is 96.2 Å². The van der Waals surface area contributed by atoms with Crippen LogP contribution in [0.1, 0.15) is 39.5 Å². The lowest BCUT2D eigenvalue weighted by atomic mass is 9.78. The summed E-state index contributed by atoms with van der Waals surface area (Å²) in [4.78, 5) is 12.0. The second-order valence-electron chi connectivity index (χ2n) is 4.28. The van der Waals surface area contributed by atoms with Gasteiger partial charge in [-0.3, -0.25) is 4.79 Å². The molecule has 1 unspecified atom stereocenters. The largest absolute Gasteiger partial charge is 0.470 e. The molecule has 16 heavy (non-hydrogen) atoms. The summed E-state index contributed by atoms with van der Waals surface area (Å²) in [5, 5.41) is 10.3. The van der Waals surface area contributed by atoms with Crippen molar-refractivity contribution >= 4 is 5.97 Å². The molecule has 0 amide bonds. The van der Waals surface area contributed by atoms with Gasteiger partial charge in [0, 0.05) is 6.92 Å². The zero-order valence-electron chi connectivity index (χ0n) is 9.99. The van der Waals surface area contributed by atoms with Crippen molar-refractivity contribution in [3.63, 3.8) is 0 Å². The van der Waals surface area contributed by atoms with Crippen LogP contribution in [0, 0.1) is 5.41 Å². The molecule has 0 aromatic carbocycles. The van der Waals surface area contributed by atoms with E-state index in [1.54, 1.807) is 6.92 Å². The lowest BCUT2D eigenvalue weighted by Gasteiger charge is -2.39. The van der Waals surface area contributed by atoms with Gasteiger partial charge in [0.25, 0.3) is 0 Å². The molecule has 0 aliphatic heterocycles. The molecule has 0 aromatic rings. The first-order valence-electron chi connectivity index (χ1n) is 5.68. The van der Waals surface area contributed by atoms with Crippen LogP contribution in [-0.2, 0) is 14.3 Å². The summed E-state index contributed by atoms with van der Waals surface area (Å²) in [5.74, 6) is -1.92. The predicted molar refractivity (Wildman–Crippen MR) is 59.4 cm³/mol. The fourth-order valence-electron chi connectivity index (χ4n) is 2.38. The van der Waals surface area contributed by atoms with Gasteiger partial charge in [0.2, 0.25) is 5.79 Å². The van der Waals surface area contributed by atoms with Crippen molar-refractivity contribution in [1.82, 2.24) is 0 Å². The highest BCUT2D eigenvalue weighted by Crippen LogP contribution is 2.48. The van der Waals surface area contributed by atoms with Gasteiger partial charge in [-0.15, -0.1) is 0 Å². The van der Waals surface area contributed by atoms with Crippen LogP contribution in [0.5, 0.6) is 0 Å². The molecule has 1 aliphatic rings. The van der Waals surface area contributed by atoms with E-state index in [0.717, 1.165) is 12.8 Å². The SMILES string of the molecule is C=COC(C)(O)C1(C(=O)OCC)CCCC1. The minimum Gasteiger partial charge on any atom is -0.470 e. The average molecular weight is 228 g/mol. The van der Waals surface area contributed by atoms with E-state index in [0.29, 0.717) is 19.4 Å². The molecule has 0 heterocycles. The monoisotopic (exact) mass is 228 g/mol. The average Bonchev–Trinajstić information content (AvgIpc) is 2.68.